The molecule has 1 saturated carbocycles. The van der Waals surface area contributed by atoms with Gasteiger partial charge in [-0.05, 0) is 31.4 Å². The van der Waals surface area contributed by atoms with Gasteiger partial charge in [-0.25, -0.2) is 9.18 Å². The summed E-state index contributed by atoms with van der Waals surface area (Å²) in [5.74, 6) is -2.15. The molecule has 0 atom stereocenters. The maximum Gasteiger partial charge on any atom is 0.329 e. The molecule has 19 heavy (non-hydrogen) atoms. The molecule has 0 aliphatic heterocycles. The predicted molar refractivity (Wildman–Crippen MR) is 67.5 cm³/mol. The average Bonchev–Trinajstić information content (AvgIpc) is 2.28. The van der Waals surface area contributed by atoms with Crippen molar-refractivity contribution in [1.82, 2.24) is 5.32 Å². The zero-order valence-electron chi connectivity index (χ0n) is 10.1. The molecule has 0 bridgehead atoms. The highest BCUT2D eigenvalue weighted by Crippen LogP contribution is 2.32. The van der Waals surface area contributed by atoms with Gasteiger partial charge in [-0.2, -0.15) is 0 Å². The van der Waals surface area contributed by atoms with Crippen molar-refractivity contribution in [3.8, 4) is 0 Å². The van der Waals surface area contributed by atoms with Gasteiger partial charge < -0.3 is 10.4 Å². The van der Waals surface area contributed by atoms with Gasteiger partial charge >= 0.3 is 5.97 Å². The number of aliphatic carboxylic acids is 1. The first-order chi connectivity index (χ1) is 8.94. The van der Waals surface area contributed by atoms with Crippen LogP contribution in [-0.2, 0) is 16.0 Å². The van der Waals surface area contributed by atoms with Crippen molar-refractivity contribution in [2.24, 2.45) is 0 Å². The first-order valence-electron chi connectivity index (χ1n) is 5.92. The van der Waals surface area contributed by atoms with Gasteiger partial charge in [-0.3, -0.25) is 4.79 Å². The van der Waals surface area contributed by atoms with Crippen molar-refractivity contribution in [2.45, 2.75) is 31.2 Å². The van der Waals surface area contributed by atoms with Crippen LogP contribution in [0.1, 0.15) is 24.8 Å². The highest BCUT2D eigenvalue weighted by atomic mass is 35.5. The number of halogens is 2. The third-order valence-electron chi connectivity index (χ3n) is 3.39. The molecule has 1 aliphatic carbocycles. The molecule has 6 heteroatoms. The fraction of sp³-hybridized carbons (Fsp3) is 0.385. The second kappa shape index (κ2) is 5.17. The number of carbonyl (C=O) groups excluding carboxylic acids is 1. The van der Waals surface area contributed by atoms with Crippen LogP contribution in [0.4, 0.5) is 4.39 Å². The first-order valence-corrected chi connectivity index (χ1v) is 6.30. The number of nitrogens with one attached hydrogen (secondary N) is 1. The van der Waals surface area contributed by atoms with Crippen LogP contribution >= 0.6 is 11.6 Å². The van der Waals surface area contributed by atoms with Crippen LogP contribution in [0.15, 0.2) is 18.2 Å². The van der Waals surface area contributed by atoms with Crippen molar-refractivity contribution >= 4 is 23.5 Å². The minimum atomic E-state index is -1.19. The van der Waals surface area contributed by atoms with E-state index in [-0.39, 0.29) is 17.0 Å². The fourth-order valence-corrected chi connectivity index (χ4v) is 2.33. The van der Waals surface area contributed by atoms with E-state index in [1.807, 2.05) is 0 Å². The Labute approximate surface area is 114 Å². The lowest BCUT2D eigenvalue weighted by Gasteiger charge is -2.38. The smallest absolute Gasteiger partial charge is 0.329 e. The van der Waals surface area contributed by atoms with Crippen LogP contribution < -0.4 is 5.32 Å². The van der Waals surface area contributed by atoms with Gasteiger partial charge in [0.25, 0.3) is 0 Å². The van der Waals surface area contributed by atoms with Crippen LogP contribution in [0, 0.1) is 5.82 Å². The van der Waals surface area contributed by atoms with Gasteiger partial charge in [-0.15, -0.1) is 0 Å². The Balaban J connectivity index is 2.08. The third-order valence-corrected chi connectivity index (χ3v) is 3.75. The minimum absolute atomic E-state index is 0.0847. The Morgan fingerprint density at radius 2 is 2.11 bits per heavy atom. The molecule has 102 valence electrons. The zero-order valence-corrected chi connectivity index (χ0v) is 10.8. The summed E-state index contributed by atoms with van der Waals surface area (Å²) < 4.78 is 13.5. The molecule has 1 aromatic rings. The highest BCUT2D eigenvalue weighted by molar-refractivity contribution is 6.31. The van der Waals surface area contributed by atoms with Crippen LogP contribution in [0.25, 0.3) is 0 Å². The van der Waals surface area contributed by atoms with Crippen molar-refractivity contribution in [3.63, 3.8) is 0 Å². The molecule has 4 nitrogen and oxygen atoms in total. The fourth-order valence-electron chi connectivity index (χ4n) is 2.10. The zero-order chi connectivity index (χ0) is 14.0. The summed E-state index contributed by atoms with van der Waals surface area (Å²) in [7, 11) is 0. The molecule has 0 radical (unpaired) electrons. The van der Waals surface area contributed by atoms with Crippen LogP contribution in [0.2, 0.25) is 5.02 Å². The lowest BCUT2D eigenvalue weighted by molar-refractivity contribution is -0.151. The van der Waals surface area contributed by atoms with E-state index in [0.717, 1.165) is 6.42 Å². The summed E-state index contributed by atoms with van der Waals surface area (Å²) >= 11 is 5.82. The van der Waals surface area contributed by atoms with E-state index in [1.54, 1.807) is 0 Å². The van der Waals surface area contributed by atoms with Crippen molar-refractivity contribution < 1.29 is 19.1 Å². The Hall–Kier alpha value is -1.62. The molecular formula is C13H13ClFNO3. The summed E-state index contributed by atoms with van der Waals surface area (Å²) in [6.45, 7) is 0. The van der Waals surface area contributed by atoms with Gasteiger partial charge in [0, 0.05) is 10.6 Å². The molecule has 2 N–H and O–H groups in total. The molecule has 1 amide bonds. The van der Waals surface area contributed by atoms with Gasteiger partial charge in [0.2, 0.25) is 5.91 Å². The number of rotatable bonds is 4. The molecule has 2 rings (SSSR count). The molecule has 0 unspecified atom stereocenters. The molecule has 1 aromatic carbocycles. The summed E-state index contributed by atoms with van der Waals surface area (Å²) in [5.41, 5.74) is -1.10. The quantitative estimate of drug-likeness (QED) is 0.891. The number of amides is 1. The Bertz CT molecular complexity index is 508. The van der Waals surface area contributed by atoms with E-state index in [0.29, 0.717) is 12.8 Å². The van der Waals surface area contributed by atoms with Crippen LogP contribution in [0.3, 0.4) is 0 Å². The molecule has 0 heterocycles. The van der Waals surface area contributed by atoms with Gasteiger partial charge in [-0.1, -0.05) is 17.7 Å². The average molecular weight is 286 g/mol. The number of carboxylic acid groups (broad SMARTS) is 1. The van der Waals surface area contributed by atoms with Crippen molar-refractivity contribution in [1.29, 1.82) is 0 Å². The Morgan fingerprint density at radius 1 is 1.42 bits per heavy atom. The van der Waals surface area contributed by atoms with E-state index in [1.165, 1.54) is 18.2 Å². The summed E-state index contributed by atoms with van der Waals surface area (Å²) in [6.07, 6.45) is 1.30. The van der Waals surface area contributed by atoms with E-state index >= 15 is 0 Å². The second-order valence-corrected chi connectivity index (χ2v) is 5.07. The van der Waals surface area contributed by atoms with Gasteiger partial charge in [0.05, 0.1) is 6.42 Å². The third kappa shape index (κ3) is 2.71. The normalized spacial score (nSPS) is 16.5. The molecule has 1 fully saturated rings. The van der Waals surface area contributed by atoms with E-state index < -0.39 is 23.2 Å². The Morgan fingerprint density at radius 3 is 2.58 bits per heavy atom. The minimum Gasteiger partial charge on any atom is -0.480 e. The highest BCUT2D eigenvalue weighted by Gasteiger charge is 2.45. The lowest BCUT2D eigenvalue weighted by atomic mass is 9.76. The molecule has 0 aromatic heterocycles. The molecule has 1 aliphatic rings. The summed E-state index contributed by atoms with van der Waals surface area (Å²) in [5, 5.41) is 11.7. The van der Waals surface area contributed by atoms with Crippen LogP contribution in [-0.4, -0.2) is 22.5 Å². The number of benzene rings is 1. The number of carbonyl (C=O) groups is 2. The van der Waals surface area contributed by atoms with E-state index in [4.69, 9.17) is 16.7 Å². The maximum absolute atomic E-state index is 13.5. The topological polar surface area (TPSA) is 66.4 Å². The van der Waals surface area contributed by atoms with Crippen LogP contribution in [0.5, 0.6) is 0 Å². The first kappa shape index (κ1) is 13.8. The van der Waals surface area contributed by atoms with Gasteiger partial charge in [0.1, 0.15) is 11.4 Å². The van der Waals surface area contributed by atoms with Crippen molar-refractivity contribution in [3.05, 3.63) is 34.6 Å². The van der Waals surface area contributed by atoms with E-state index in [2.05, 4.69) is 5.32 Å². The van der Waals surface area contributed by atoms with E-state index in [9.17, 15) is 14.0 Å². The Kier molecular flexibility index (Phi) is 3.75. The summed E-state index contributed by atoms with van der Waals surface area (Å²) in [6, 6.07) is 4.15. The maximum atomic E-state index is 13.5. The van der Waals surface area contributed by atoms with Crippen molar-refractivity contribution in [2.75, 3.05) is 0 Å². The lowest BCUT2D eigenvalue weighted by Crippen LogP contribution is -2.59. The largest absolute Gasteiger partial charge is 0.480 e. The molecular weight excluding hydrogens is 273 g/mol. The molecule has 0 saturated heterocycles. The molecule has 0 spiro atoms. The standard InChI is InChI=1S/C13H13ClFNO3/c14-9-3-1-4-10(15)8(9)7-11(17)16-13(12(18)19)5-2-6-13/h1,3-4H,2,5-7H2,(H,16,17)(H,18,19). The predicted octanol–water partition coefficient (Wildman–Crippen LogP) is 2.15. The number of carboxylic acids is 1. The van der Waals surface area contributed by atoms with Gasteiger partial charge in [0.15, 0.2) is 0 Å². The SMILES string of the molecule is O=C(Cc1c(F)cccc1Cl)NC1(C(=O)O)CCC1. The monoisotopic (exact) mass is 285 g/mol. The second-order valence-electron chi connectivity index (χ2n) is 4.67. The summed E-state index contributed by atoms with van der Waals surface area (Å²) in [4.78, 5) is 22.9. The number of hydrogen-bond donors (Lipinski definition) is 2. The number of hydrogen-bond acceptors (Lipinski definition) is 2.